The van der Waals surface area contributed by atoms with Gasteiger partial charge < -0.3 is 14.8 Å². The maximum Gasteiger partial charge on any atom is 0.328 e. The van der Waals surface area contributed by atoms with Gasteiger partial charge in [0.15, 0.2) is 0 Å². The van der Waals surface area contributed by atoms with Crippen molar-refractivity contribution in [2.75, 3.05) is 13.2 Å². The fourth-order valence-electron chi connectivity index (χ4n) is 8.91. The minimum Gasteiger partial charge on any atom is -0.466 e. The summed E-state index contributed by atoms with van der Waals surface area (Å²) in [7, 11) is 0. The highest BCUT2D eigenvalue weighted by atomic mass is 16.5. The van der Waals surface area contributed by atoms with E-state index < -0.39 is 12.0 Å². The van der Waals surface area contributed by atoms with Crippen LogP contribution in [0.1, 0.15) is 329 Å². The van der Waals surface area contributed by atoms with Gasteiger partial charge in [0.05, 0.1) is 13.2 Å². The second kappa shape index (κ2) is 53.0. The van der Waals surface area contributed by atoms with Gasteiger partial charge in [0.2, 0.25) is 5.91 Å². The quantitative estimate of drug-likeness (QED) is 0.0486. The van der Waals surface area contributed by atoms with Crippen molar-refractivity contribution in [1.82, 2.24) is 5.32 Å². The molecule has 0 fully saturated rings. The van der Waals surface area contributed by atoms with Crippen molar-refractivity contribution in [2.24, 2.45) is 0 Å². The van der Waals surface area contributed by atoms with Crippen LogP contribution in [0.25, 0.3) is 0 Å². The summed E-state index contributed by atoms with van der Waals surface area (Å²) in [5, 5.41) is 2.93. The predicted octanol–water partition coefficient (Wildman–Crippen LogP) is 18.3. The van der Waals surface area contributed by atoms with E-state index in [1.807, 2.05) is 0 Å². The van der Waals surface area contributed by atoms with Crippen LogP contribution < -0.4 is 5.32 Å². The summed E-state index contributed by atoms with van der Waals surface area (Å²) < 4.78 is 11.2. The first-order valence-corrected chi connectivity index (χ1v) is 28.7. The van der Waals surface area contributed by atoms with Gasteiger partial charge in [0.25, 0.3) is 0 Å². The van der Waals surface area contributed by atoms with Crippen LogP contribution in [0.5, 0.6) is 0 Å². The Kier molecular flexibility index (Phi) is 51.7. The third-order valence-corrected chi connectivity index (χ3v) is 13.3. The second-order valence-electron chi connectivity index (χ2n) is 19.6. The van der Waals surface area contributed by atoms with Crippen LogP contribution >= 0.6 is 0 Å². The Hall–Kier alpha value is -1.59. The minimum atomic E-state index is -0.802. The molecule has 0 heterocycles. The molecule has 0 rings (SSSR count). The molecule has 0 saturated heterocycles. The van der Waals surface area contributed by atoms with Gasteiger partial charge in [0, 0.05) is 12.8 Å². The van der Waals surface area contributed by atoms with Gasteiger partial charge in [0.1, 0.15) is 6.04 Å². The molecule has 0 saturated carbocycles. The molecule has 0 aromatic rings. The summed E-state index contributed by atoms with van der Waals surface area (Å²) in [4.78, 5) is 38.8. The average Bonchev–Trinajstić information content (AvgIpc) is 3.28. The Labute approximate surface area is 393 Å². The van der Waals surface area contributed by atoms with Gasteiger partial charge in [-0.1, -0.05) is 290 Å². The standard InChI is InChI=1S/C57H111NO5/c1-4-7-10-13-16-19-22-25-27-29-32-35-38-41-44-47-52-62-56(60)51-50-54(58-55(59)49-46-43-40-37-34-31-24-21-18-15-12-9-6-3)57(61)63-53-48-45-42-39-36-33-30-28-26-23-20-17-14-11-8-5-2/h54H,4-53H2,1-3H3,(H,58,59)/t54-/m0/s1. The summed E-state index contributed by atoms with van der Waals surface area (Å²) >= 11 is 0. The van der Waals surface area contributed by atoms with E-state index in [1.54, 1.807) is 0 Å². The molecule has 0 radical (unpaired) electrons. The third kappa shape index (κ3) is 49.7. The van der Waals surface area contributed by atoms with Crippen molar-refractivity contribution >= 4 is 17.8 Å². The lowest BCUT2D eigenvalue weighted by atomic mass is 10.0. The van der Waals surface area contributed by atoms with Gasteiger partial charge >= 0.3 is 11.9 Å². The lowest BCUT2D eigenvalue weighted by Crippen LogP contribution is -2.42. The molecule has 1 amide bonds. The van der Waals surface area contributed by atoms with Crippen LogP contribution in [0, 0.1) is 0 Å². The summed E-state index contributed by atoms with van der Waals surface area (Å²) in [6.07, 6.45) is 58.9. The maximum atomic E-state index is 13.2. The number of unbranched alkanes of at least 4 members (excludes halogenated alkanes) is 42. The van der Waals surface area contributed by atoms with E-state index in [0.29, 0.717) is 19.6 Å². The molecule has 1 atom stereocenters. The molecule has 1 N–H and O–H groups in total. The van der Waals surface area contributed by atoms with Crippen molar-refractivity contribution in [3.8, 4) is 0 Å². The number of amides is 1. The van der Waals surface area contributed by atoms with Gasteiger partial charge in [-0.15, -0.1) is 0 Å². The molecule has 0 spiro atoms. The number of hydrogen-bond acceptors (Lipinski definition) is 5. The normalized spacial score (nSPS) is 11.9. The Morgan fingerprint density at radius 2 is 0.571 bits per heavy atom. The number of esters is 2. The van der Waals surface area contributed by atoms with E-state index in [2.05, 4.69) is 26.1 Å². The van der Waals surface area contributed by atoms with E-state index in [9.17, 15) is 14.4 Å². The first kappa shape index (κ1) is 61.4. The van der Waals surface area contributed by atoms with Crippen LogP contribution in [0.2, 0.25) is 0 Å². The number of ether oxygens (including phenoxy) is 2. The zero-order valence-corrected chi connectivity index (χ0v) is 43.0. The summed E-state index contributed by atoms with van der Waals surface area (Å²) in [5.41, 5.74) is 0. The number of rotatable bonds is 53. The zero-order chi connectivity index (χ0) is 45.8. The monoisotopic (exact) mass is 890 g/mol. The van der Waals surface area contributed by atoms with Crippen molar-refractivity contribution in [2.45, 2.75) is 335 Å². The number of carbonyl (C=O) groups excluding carboxylic acids is 3. The molecule has 6 heteroatoms. The Morgan fingerprint density at radius 3 is 0.873 bits per heavy atom. The van der Waals surface area contributed by atoms with Crippen molar-refractivity contribution in [3.05, 3.63) is 0 Å². The molecule has 6 nitrogen and oxygen atoms in total. The third-order valence-electron chi connectivity index (χ3n) is 13.3. The van der Waals surface area contributed by atoms with Crippen LogP contribution in [0.15, 0.2) is 0 Å². The van der Waals surface area contributed by atoms with Crippen molar-refractivity contribution in [1.29, 1.82) is 0 Å². The highest BCUT2D eigenvalue weighted by Gasteiger charge is 2.23. The topological polar surface area (TPSA) is 81.7 Å². The predicted molar refractivity (Wildman–Crippen MR) is 272 cm³/mol. The number of carbonyl (C=O) groups is 3. The van der Waals surface area contributed by atoms with E-state index >= 15 is 0 Å². The molecule has 0 aromatic carbocycles. The average molecular weight is 891 g/mol. The molecule has 0 aliphatic heterocycles. The van der Waals surface area contributed by atoms with Crippen molar-refractivity contribution < 1.29 is 23.9 Å². The summed E-state index contributed by atoms with van der Waals surface area (Å²) in [6, 6.07) is -0.802. The maximum absolute atomic E-state index is 13.2. The summed E-state index contributed by atoms with van der Waals surface area (Å²) in [6.45, 7) is 7.63. The van der Waals surface area contributed by atoms with Crippen LogP contribution in [0.3, 0.4) is 0 Å². The lowest BCUT2D eigenvalue weighted by Gasteiger charge is -2.18. The Balaban J connectivity index is 4.29. The van der Waals surface area contributed by atoms with Crippen molar-refractivity contribution in [3.63, 3.8) is 0 Å². The highest BCUT2D eigenvalue weighted by Crippen LogP contribution is 2.17. The Bertz CT molecular complexity index is 939. The lowest BCUT2D eigenvalue weighted by molar-refractivity contribution is -0.149. The minimum absolute atomic E-state index is 0.108. The van der Waals surface area contributed by atoms with E-state index in [-0.39, 0.29) is 24.7 Å². The molecule has 0 aliphatic rings. The molecular formula is C57H111NO5. The number of nitrogens with one attached hydrogen (secondary N) is 1. The van der Waals surface area contributed by atoms with Gasteiger partial charge in [-0.25, -0.2) is 4.79 Å². The van der Waals surface area contributed by atoms with Gasteiger partial charge in [-0.2, -0.15) is 0 Å². The molecule has 0 aromatic heterocycles. The summed E-state index contributed by atoms with van der Waals surface area (Å²) in [5.74, 6) is -0.832. The van der Waals surface area contributed by atoms with Gasteiger partial charge in [-0.05, 0) is 25.7 Å². The zero-order valence-electron chi connectivity index (χ0n) is 43.0. The molecular weight excluding hydrogens is 779 g/mol. The van der Waals surface area contributed by atoms with E-state index in [4.69, 9.17) is 9.47 Å². The molecule has 374 valence electrons. The van der Waals surface area contributed by atoms with Crippen LogP contribution in [0.4, 0.5) is 0 Å². The molecule has 0 bridgehead atoms. The first-order valence-electron chi connectivity index (χ1n) is 28.7. The smallest absolute Gasteiger partial charge is 0.328 e. The number of hydrogen-bond donors (Lipinski definition) is 1. The first-order chi connectivity index (χ1) is 31.0. The largest absolute Gasteiger partial charge is 0.466 e. The van der Waals surface area contributed by atoms with Crippen LogP contribution in [-0.2, 0) is 23.9 Å². The molecule has 0 unspecified atom stereocenters. The molecule has 63 heavy (non-hydrogen) atoms. The second-order valence-corrected chi connectivity index (χ2v) is 19.6. The van der Waals surface area contributed by atoms with E-state index in [1.165, 1.54) is 244 Å². The highest BCUT2D eigenvalue weighted by molar-refractivity contribution is 5.85. The van der Waals surface area contributed by atoms with Crippen LogP contribution in [-0.4, -0.2) is 37.1 Å². The SMILES string of the molecule is CCCCCCCCCCCCCCCCCCOC(=O)CC[C@H](NC(=O)CCCCCCCCCCCCCCC)C(=O)OCCCCCCCCCCCCCCCCCC. The fraction of sp³-hybridized carbons (Fsp3) is 0.947. The fourth-order valence-corrected chi connectivity index (χ4v) is 8.91. The molecule has 0 aliphatic carbocycles. The Morgan fingerprint density at radius 1 is 0.317 bits per heavy atom. The van der Waals surface area contributed by atoms with E-state index in [0.717, 1.165) is 44.9 Å². The van der Waals surface area contributed by atoms with Gasteiger partial charge in [-0.3, -0.25) is 9.59 Å².